The van der Waals surface area contributed by atoms with Crippen molar-refractivity contribution in [3.8, 4) is 22.5 Å². The number of amides is 2. The molecule has 1 aliphatic carbocycles. The van der Waals surface area contributed by atoms with Crippen LogP contribution in [0.5, 0.6) is 0 Å². The largest absolute Gasteiger partial charge is 0.351 e. The fraction of sp³-hybridized carbons (Fsp3) is 0.238. The summed E-state index contributed by atoms with van der Waals surface area (Å²) in [4.78, 5) is 37.8. The quantitative estimate of drug-likeness (QED) is 0.169. The van der Waals surface area contributed by atoms with Crippen LogP contribution in [0.1, 0.15) is 60.7 Å². The Morgan fingerprint density at radius 2 is 1.20 bits per heavy atom. The monoisotopic (exact) mass is 788 g/mol. The first kappa shape index (κ1) is 34.1. The lowest BCUT2D eigenvalue weighted by Crippen LogP contribution is -2.50. The van der Waals surface area contributed by atoms with Gasteiger partial charge in [0, 0.05) is 43.4 Å². The predicted octanol–water partition coefficient (Wildman–Crippen LogP) is 10.4. The number of benzene rings is 4. The van der Waals surface area contributed by atoms with Crippen molar-refractivity contribution in [2.75, 3.05) is 6.54 Å². The van der Waals surface area contributed by atoms with E-state index in [1.165, 1.54) is 0 Å². The molecular weight excluding hydrogens is 752 g/mol. The van der Waals surface area contributed by atoms with Gasteiger partial charge in [-0.25, -0.2) is 9.97 Å². The summed E-state index contributed by atoms with van der Waals surface area (Å²) in [5, 5.41) is 8.32. The van der Waals surface area contributed by atoms with E-state index in [-0.39, 0.29) is 28.7 Å². The number of pyridine rings is 2. The minimum absolute atomic E-state index is 0.0469. The highest BCUT2D eigenvalue weighted by Crippen LogP contribution is 2.46. The van der Waals surface area contributed by atoms with Gasteiger partial charge in [0.25, 0.3) is 11.8 Å². The Bertz CT molecular complexity index is 2270. The van der Waals surface area contributed by atoms with Crippen molar-refractivity contribution in [3.05, 3.63) is 129 Å². The summed E-state index contributed by atoms with van der Waals surface area (Å²) in [7, 11) is 0. The molecule has 2 heterocycles. The summed E-state index contributed by atoms with van der Waals surface area (Å²) in [5.74, 6) is -0.245. The van der Waals surface area contributed by atoms with Gasteiger partial charge in [0.1, 0.15) is 0 Å². The predicted molar refractivity (Wildman–Crippen MR) is 209 cm³/mol. The number of aromatic nitrogens is 2. The van der Waals surface area contributed by atoms with Crippen molar-refractivity contribution in [1.82, 2.24) is 20.6 Å². The van der Waals surface area contributed by atoms with Gasteiger partial charge < -0.3 is 10.6 Å². The Labute approximate surface area is 309 Å². The Hall–Kier alpha value is -4.40. The summed E-state index contributed by atoms with van der Waals surface area (Å²) < 4.78 is 1.90. The van der Waals surface area contributed by atoms with E-state index in [1.54, 1.807) is 0 Å². The molecule has 0 bridgehead atoms. The molecule has 2 N–H and O–H groups in total. The van der Waals surface area contributed by atoms with Gasteiger partial charge in [0.05, 0.1) is 33.5 Å². The maximum Gasteiger partial charge on any atom is 0.252 e. The second-order valence-corrected chi connectivity index (χ2v) is 16.4. The number of nitrogens with zero attached hydrogens (tertiary/aromatic N) is 2. The number of hydrogen-bond acceptors (Lipinski definition) is 4. The van der Waals surface area contributed by atoms with Crippen LogP contribution in [0, 0.1) is 10.8 Å². The van der Waals surface area contributed by atoms with Crippen LogP contribution in [-0.2, 0) is 0 Å². The molecule has 2 amide bonds. The molecule has 4 aromatic carbocycles. The van der Waals surface area contributed by atoms with Crippen LogP contribution in [0.2, 0.25) is 0 Å². The smallest absolute Gasteiger partial charge is 0.252 e. The number of fused-ring (bicyclic) bond motifs is 2. The summed E-state index contributed by atoms with van der Waals surface area (Å²) >= 11 is 7.13. The number of carbonyl (C=O) groups is 2. The van der Waals surface area contributed by atoms with Gasteiger partial charge in [-0.05, 0) is 78.6 Å². The fourth-order valence-corrected chi connectivity index (χ4v) is 8.64. The second kappa shape index (κ2) is 13.7. The van der Waals surface area contributed by atoms with Gasteiger partial charge in [0.15, 0.2) is 0 Å². The Morgan fingerprint density at radius 3 is 1.74 bits per heavy atom. The lowest BCUT2D eigenvalue weighted by molar-refractivity contribution is 0.0593. The molecule has 6 aromatic rings. The molecule has 0 aliphatic heterocycles. The highest BCUT2D eigenvalue weighted by molar-refractivity contribution is 9.10. The average Bonchev–Trinajstić information content (AvgIpc) is 3.08. The van der Waals surface area contributed by atoms with Crippen molar-refractivity contribution in [2.24, 2.45) is 10.8 Å². The van der Waals surface area contributed by atoms with Gasteiger partial charge in [-0.15, -0.1) is 0 Å². The van der Waals surface area contributed by atoms with E-state index in [0.29, 0.717) is 17.7 Å². The lowest BCUT2D eigenvalue weighted by atomic mass is 9.62. The third-order valence-corrected chi connectivity index (χ3v) is 10.6. The molecule has 1 saturated carbocycles. The van der Waals surface area contributed by atoms with Crippen LogP contribution in [0.3, 0.4) is 0 Å². The fourth-order valence-electron chi connectivity index (χ4n) is 7.84. The van der Waals surface area contributed by atoms with Gasteiger partial charge in [-0.3, -0.25) is 9.59 Å². The van der Waals surface area contributed by atoms with Crippen molar-refractivity contribution >= 4 is 65.5 Å². The Balaban J connectivity index is 1.13. The van der Waals surface area contributed by atoms with Crippen LogP contribution in [-0.4, -0.2) is 34.4 Å². The Morgan fingerprint density at radius 1 is 0.680 bits per heavy atom. The Kier molecular flexibility index (Phi) is 9.35. The van der Waals surface area contributed by atoms with E-state index in [9.17, 15) is 9.59 Å². The van der Waals surface area contributed by atoms with E-state index in [0.717, 1.165) is 72.5 Å². The molecule has 8 heteroatoms. The first-order valence-corrected chi connectivity index (χ1v) is 18.4. The second-order valence-electron chi connectivity index (χ2n) is 14.6. The zero-order chi connectivity index (χ0) is 35.0. The molecule has 2 unspecified atom stereocenters. The number of hydrogen-bond donors (Lipinski definition) is 2. The number of nitrogens with one attached hydrogen (secondary N) is 2. The summed E-state index contributed by atoms with van der Waals surface area (Å²) in [6, 6.07) is 35.2. The molecule has 7 rings (SSSR count). The lowest BCUT2D eigenvalue weighted by Gasteiger charge is -2.47. The molecule has 50 heavy (non-hydrogen) atoms. The number of halogens is 2. The summed E-state index contributed by atoms with van der Waals surface area (Å²) in [6.07, 6.45) is 2.50. The molecule has 1 fully saturated rings. The highest BCUT2D eigenvalue weighted by Gasteiger charge is 2.42. The van der Waals surface area contributed by atoms with Crippen molar-refractivity contribution < 1.29 is 9.59 Å². The number of rotatable bonds is 7. The van der Waals surface area contributed by atoms with Crippen LogP contribution in [0.25, 0.3) is 44.3 Å². The SMILES string of the molecule is CC1(C)CC(NC(=O)c2cc(-c3cccc(Br)c3)nc3ccccc23)CC(C)(CNC(=O)c2cc(-c3cccc(Br)c3)nc3ccccc23)C1. The van der Waals surface area contributed by atoms with Crippen LogP contribution >= 0.6 is 31.9 Å². The van der Waals surface area contributed by atoms with Gasteiger partial charge in [-0.1, -0.05) is 113 Å². The first-order valence-electron chi connectivity index (χ1n) is 16.9. The molecule has 252 valence electrons. The molecule has 6 nitrogen and oxygen atoms in total. The summed E-state index contributed by atoms with van der Waals surface area (Å²) in [5.41, 5.74) is 5.83. The molecule has 1 aliphatic rings. The topological polar surface area (TPSA) is 84.0 Å². The zero-order valence-electron chi connectivity index (χ0n) is 28.3. The highest BCUT2D eigenvalue weighted by atomic mass is 79.9. The van der Waals surface area contributed by atoms with Gasteiger partial charge >= 0.3 is 0 Å². The van der Waals surface area contributed by atoms with Crippen LogP contribution in [0.4, 0.5) is 0 Å². The maximum atomic E-state index is 14.1. The van der Waals surface area contributed by atoms with Crippen LogP contribution < -0.4 is 10.6 Å². The van der Waals surface area contributed by atoms with Crippen LogP contribution in [0.15, 0.2) is 118 Å². The minimum Gasteiger partial charge on any atom is -0.351 e. The van der Waals surface area contributed by atoms with E-state index in [2.05, 4.69) is 63.3 Å². The molecule has 0 radical (unpaired) electrons. The third kappa shape index (κ3) is 7.37. The van der Waals surface area contributed by atoms with Crippen molar-refractivity contribution in [1.29, 1.82) is 0 Å². The number of carbonyl (C=O) groups excluding carboxylic acids is 2. The number of para-hydroxylation sites is 2. The van der Waals surface area contributed by atoms with E-state index >= 15 is 0 Å². The van der Waals surface area contributed by atoms with E-state index in [1.807, 2.05) is 109 Å². The van der Waals surface area contributed by atoms with Crippen molar-refractivity contribution in [3.63, 3.8) is 0 Å². The molecule has 2 aromatic heterocycles. The third-order valence-electron chi connectivity index (χ3n) is 9.62. The van der Waals surface area contributed by atoms with E-state index < -0.39 is 0 Å². The zero-order valence-corrected chi connectivity index (χ0v) is 31.4. The average molecular weight is 791 g/mol. The summed E-state index contributed by atoms with van der Waals surface area (Å²) in [6.45, 7) is 7.20. The van der Waals surface area contributed by atoms with Gasteiger partial charge in [0.2, 0.25) is 0 Å². The van der Waals surface area contributed by atoms with E-state index in [4.69, 9.17) is 9.97 Å². The molecule has 0 spiro atoms. The first-order chi connectivity index (χ1) is 24.0. The molecule has 0 saturated heterocycles. The normalized spacial score (nSPS) is 18.5. The maximum absolute atomic E-state index is 14.1. The standard InChI is InChI=1S/C42H38Br2N4O2/c1-41(2)22-30(46-40(50)34-21-38(27-11-9-13-29(44)19-27)48-36-17-7-5-15-32(34)36)23-42(3,24-41)25-45-39(49)33-20-37(26-10-8-12-28(43)18-26)47-35-16-6-4-14-31(33)35/h4-21,30H,22-25H2,1-3H3,(H,45,49)(H,46,50). The molecular formula is C42H38Br2N4O2. The van der Waals surface area contributed by atoms with Crippen molar-refractivity contribution in [2.45, 2.75) is 46.1 Å². The minimum atomic E-state index is -0.243. The molecule has 2 atom stereocenters. The van der Waals surface area contributed by atoms with Gasteiger partial charge in [-0.2, -0.15) is 0 Å².